The number of carboxylic acids is 1. The van der Waals surface area contributed by atoms with E-state index in [9.17, 15) is 4.79 Å². The second-order valence-corrected chi connectivity index (χ2v) is 4.73. The summed E-state index contributed by atoms with van der Waals surface area (Å²) in [4.78, 5) is 11.0. The van der Waals surface area contributed by atoms with Crippen LogP contribution in [0.1, 0.15) is 21.5 Å². The van der Waals surface area contributed by atoms with Gasteiger partial charge in [-0.2, -0.15) is 0 Å². The summed E-state index contributed by atoms with van der Waals surface area (Å²) in [6.45, 7) is 2.65. The highest BCUT2D eigenvalue weighted by atomic mass is 16.5. The summed E-state index contributed by atoms with van der Waals surface area (Å²) in [6, 6.07) is 11.3. The van der Waals surface area contributed by atoms with Crippen molar-refractivity contribution in [2.75, 3.05) is 6.61 Å². The van der Waals surface area contributed by atoms with Crippen molar-refractivity contribution in [2.45, 2.75) is 13.3 Å². The fourth-order valence-electron chi connectivity index (χ4n) is 2.53. The molecule has 0 saturated carbocycles. The van der Waals surface area contributed by atoms with Gasteiger partial charge in [-0.05, 0) is 35.7 Å². The monoisotopic (exact) mass is 254 g/mol. The lowest BCUT2D eigenvalue weighted by molar-refractivity contribution is 0.0697. The minimum atomic E-state index is -0.899. The van der Waals surface area contributed by atoms with E-state index < -0.39 is 5.97 Å². The van der Waals surface area contributed by atoms with Crippen LogP contribution in [-0.2, 0) is 6.42 Å². The van der Waals surface area contributed by atoms with Crippen LogP contribution in [0.5, 0.6) is 5.75 Å². The Morgan fingerprint density at radius 3 is 2.79 bits per heavy atom. The fraction of sp³-hybridized carbons (Fsp3) is 0.188. The highest BCUT2D eigenvalue weighted by Gasteiger charge is 2.18. The number of fused-ring (bicyclic) bond motifs is 1. The van der Waals surface area contributed by atoms with Crippen LogP contribution >= 0.6 is 0 Å². The van der Waals surface area contributed by atoms with Crippen LogP contribution in [0.15, 0.2) is 36.4 Å². The maximum atomic E-state index is 11.0. The number of hydrogen-bond donors (Lipinski definition) is 1. The van der Waals surface area contributed by atoms with Gasteiger partial charge < -0.3 is 9.84 Å². The van der Waals surface area contributed by atoms with E-state index in [4.69, 9.17) is 9.84 Å². The Labute approximate surface area is 111 Å². The minimum Gasteiger partial charge on any atom is -0.492 e. The van der Waals surface area contributed by atoms with Crippen LogP contribution in [0.2, 0.25) is 0 Å². The largest absolute Gasteiger partial charge is 0.492 e. The van der Waals surface area contributed by atoms with Crippen molar-refractivity contribution >= 4 is 5.97 Å². The second kappa shape index (κ2) is 4.43. The number of hydrogen-bond acceptors (Lipinski definition) is 2. The molecule has 0 spiro atoms. The average molecular weight is 254 g/mol. The van der Waals surface area contributed by atoms with E-state index in [-0.39, 0.29) is 0 Å². The van der Waals surface area contributed by atoms with E-state index in [0.717, 1.165) is 35.5 Å². The van der Waals surface area contributed by atoms with Gasteiger partial charge in [-0.25, -0.2) is 4.79 Å². The van der Waals surface area contributed by atoms with E-state index in [0.29, 0.717) is 5.56 Å². The third-order valence-electron chi connectivity index (χ3n) is 3.48. The maximum absolute atomic E-state index is 11.0. The first-order valence-corrected chi connectivity index (χ1v) is 6.26. The van der Waals surface area contributed by atoms with Gasteiger partial charge in [-0.15, -0.1) is 0 Å². The van der Waals surface area contributed by atoms with E-state index in [1.165, 1.54) is 5.56 Å². The lowest BCUT2D eigenvalue weighted by atomic mass is 9.96. The standard InChI is InChI=1S/C16H14O3/c1-10-9-12(16(17)18)5-6-13(10)14-4-2-3-11-7-8-19-15(11)14/h2-6,9H,7-8H2,1H3,(H,17,18). The third-order valence-corrected chi connectivity index (χ3v) is 3.48. The molecule has 1 aliphatic heterocycles. The van der Waals surface area contributed by atoms with E-state index in [1.807, 2.05) is 25.1 Å². The molecule has 0 aromatic heterocycles. The molecule has 0 fully saturated rings. The number of aryl methyl sites for hydroxylation is 1. The van der Waals surface area contributed by atoms with Crippen LogP contribution in [0.3, 0.4) is 0 Å². The summed E-state index contributed by atoms with van der Waals surface area (Å²) in [6.07, 6.45) is 0.940. The molecule has 0 amide bonds. The lowest BCUT2D eigenvalue weighted by Crippen LogP contribution is -1.97. The van der Waals surface area contributed by atoms with E-state index in [1.54, 1.807) is 12.1 Å². The number of ether oxygens (including phenoxy) is 1. The van der Waals surface area contributed by atoms with Gasteiger partial charge in [0.25, 0.3) is 0 Å². The van der Waals surface area contributed by atoms with Crippen molar-refractivity contribution in [3.05, 3.63) is 53.1 Å². The van der Waals surface area contributed by atoms with Crippen molar-refractivity contribution in [3.63, 3.8) is 0 Å². The first-order valence-electron chi connectivity index (χ1n) is 6.26. The Kier molecular flexibility index (Phi) is 2.75. The molecule has 0 radical (unpaired) electrons. The van der Waals surface area contributed by atoms with Gasteiger partial charge in [0, 0.05) is 12.0 Å². The van der Waals surface area contributed by atoms with E-state index >= 15 is 0 Å². The molecule has 96 valence electrons. The Morgan fingerprint density at radius 2 is 2.05 bits per heavy atom. The molecule has 0 unspecified atom stereocenters. The minimum absolute atomic E-state index is 0.315. The Hall–Kier alpha value is -2.29. The molecule has 0 atom stereocenters. The molecule has 19 heavy (non-hydrogen) atoms. The quantitative estimate of drug-likeness (QED) is 0.894. The number of para-hydroxylation sites is 1. The second-order valence-electron chi connectivity index (χ2n) is 4.73. The molecule has 1 aliphatic rings. The number of benzene rings is 2. The van der Waals surface area contributed by atoms with Gasteiger partial charge >= 0.3 is 5.97 Å². The van der Waals surface area contributed by atoms with Gasteiger partial charge in [0.2, 0.25) is 0 Å². The van der Waals surface area contributed by atoms with Gasteiger partial charge in [-0.1, -0.05) is 24.3 Å². The zero-order chi connectivity index (χ0) is 13.4. The summed E-state index contributed by atoms with van der Waals surface area (Å²) in [5, 5.41) is 9.00. The van der Waals surface area contributed by atoms with Crippen LogP contribution in [-0.4, -0.2) is 17.7 Å². The van der Waals surface area contributed by atoms with Crippen LogP contribution in [0, 0.1) is 6.92 Å². The Morgan fingerprint density at radius 1 is 1.21 bits per heavy atom. The highest BCUT2D eigenvalue weighted by molar-refractivity contribution is 5.89. The predicted molar refractivity (Wildman–Crippen MR) is 72.8 cm³/mol. The molecule has 0 aliphatic carbocycles. The summed E-state index contributed by atoms with van der Waals surface area (Å²) in [7, 11) is 0. The molecule has 3 heteroatoms. The van der Waals surface area contributed by atoms with Crippen LogP contribution in [0.25, 0.3) is 11.1 Å². The topological polar surface area (TPSA) is 46.5 Å². The van der Waals surface area contributed by atoms with Crippen molar-refractivity contribution in [1.82, 2.24) is 0 Å². The predicted octanol–water partition coefficient (Wildman–Crippen LogP) is 3.30. The maximum Gasteiger partial charge on any atom is 0.335 e. The number of carbonyl (C=O) groups is 1. The molecule has 1 heterocycles. The first kappa shape index (κ1) is 11.8. The lowest BCUT2D eigenvalue weighted by Gasteiger charge is -2.11. The molecule has 3 rings (SSSR count). The SMILES string of the molecule is Cc1cc(C(=O)O)ccc1-c1cccc2c1OCC2. The van der Waals surface area contributed by atoms with E-state index in [2.05, 4.69) is 6.07 Å². The summed E-state index contributed by atoms with van der Waals surface area (Å²) in [5.74, 6) is 0.0397. The van der Waals surface area contributed by atoms with Crippen molar-refractivity contribution in [3.8, 4) is 16.9 Å². The molecule has 2 aromatic carbocycles. The fourth-order valence-corrected chi connectivity index (χ4v) is 2.53. The molecular weight excluding hydrogens is 240 g/mol. The number of aromatic carboxylic acids is 1. The zero-order valence-electron chi connectivity index (χ0n) is 10.6. The third kappa shape index (κ3) is 1.97. The molecular formula is C16H14O3. The van der Waals surface area contributed by atoms with Crippen molar-refractivity contribution in [1.29, 1.82) is 0 Å². The van der Waals surface area contributed by atoms with Gasteiger partial charge in [0.15, 0.2) is 0 Å². The Bertz CT molecular complexity index is 659. The smallest absolute Gasteiger partial charge is 0.335 e. The number of rotatable bonds is 2. The van der Waals surface area contributed by atoms with Crippen LogP contribution in [0.4, 0.5) is 0 Å². The summed E-state index contributed by atoms with van der Waals surface area (Å²) >= 11 is 0. The van der Waals surface area contributed by atoms with Gasteiger partial charge in [0.1, 0.15) is 5.75 Å². The Balaban J connectivity index is 2.13. The number of carboxylic acid groups (broad SMARTS) is 1. The average Bonchev–Trinajstić information content (AvgIpc) is 2.86. The summed E-state index contributed by atoms with van der Waals surface area (Å²) < 4.78 is 5.70. The van der Waals surface area contributed by atoms with Gasteiger partial charge in [-0.3, -0.25) is 0 Å². The normalized spacial score (nSPS) is 12.9. The van der Waals surface area contributed by atoms with Crippen LogP contribution < -0.4 is 4.74 Å². The molecule has 2 aromatic rings. The van der Waals surface area contributed by atoms with Gasteiger partial charge in [0.05, 0.1) is 12.2 Å². The molecule has 0 bridgehead atoms. The first-order chi connectivity index (χ1) is 9.16. The molecule has 0 saturated heterocycles. The van der Waals surface area contributed by atoms with Crippen molar-refractivity contribution < 1.29 is 14.6 Å². The molecule has 3 nitrogen and oxygen atoms in total. The summed E-state index contributed by atoms with van der Waals surface area (Å²) in [5.41, 5.74) is 4.56. The zero-order valence-corrected chi connectivity index (χ0v) is 10.6. The van der Waals surface area contributed by atoms with Crippen molar-refractivity contribution in [2.24, 2.45) is 0 Å². The molecule has 1 N–H and O–H groups in total. The highest BCUT2D eigenvalue weighted by Crippen LogP contribution is 2.38.